The Morgan fingerprint density at radius 1 is 1.44 bits per heavy atom. The smallest absolute Gasteiger partial charge is 0.125 e. The topological polar surface area (TPSA) is 29.3 Å². The average Bonchev–Trinajstić information content (AvgIpc) is 2.16. The van der Waals surface area contributed by atoms with Gasteiger partial charge in [-0.2, -0.15) is 0 Å². The predicted octanol–water partition coefficient (Wildman–Crippen LogP) is 2.78. The zero-order valence-corrected chi connectivity index (χ0v) is 10.3. The summed E-state index contributed by atoms with van der Waals surface area (Å²) >= 11 is 0. The normalized spacial score (nSPS) is 14.6. The Kier molecular flexibility index (Phi) is 4.30. The first-order valence-electron chi connectivity index (χ1n) is 5.70. The van der Waals surface area contributed by atoms with Gasteiger partial charge in [0.15, 0.2) is 0 Å². The van der Waals surface area contributed by atoms with Crippen molar-refractivity contribution in [2.45, 2.75) is 32.2 Å². The number of hydrogen-bond acceptors (Lipinski definition) is 2. The predicted molar refractivity (Wildman–Crippen MR) is 67.2 cm³/mol. The molecule has 0 saturated carbocycles. The Morgan fingerprint density at radius 3 is 2.69 bits per heavy atom. The summed E-state index contributed by atoms with van der Waals surface area (Å²) in [6, 6.07) is 6.59. The van der Waals surface area contributed by atoms with Crippen LogP contribution in [-0.2, 0) is 0 Å². The molecule has 0 saturated heterocycles. The van der Waals surface area contributed by atoms with Gasteiger partial charge in [-0.25, -0.2) is 4.39 Å². The number of hydrogen-bond donors (Lipinski definition) is 1. The van der Waals surface area contributed by atoms with Crippen molar-refractivity contribution in [2.24, 2.45) is 5.73 Å². The van der Waals surface area contributed by atoms with Gasteiger partial charge < -0.3 is 10.6 Å². The highest BCUT2D eigenvalue weighted by molar-refractivity contribution is 5.46. The van der Waals surface area contributed by atoms with E-state index in [2.05, 4.69) is 6.92 Å². The molecule has 2 nitrogen and oxygen atoms in total. The van der Waals surface area contributed by atoms with E-state index in [4.69, 9.17) is 5.73 Å². The van der Waals surface area contributed by atoms with Crippen LogP contribution in [-0.4, -0.2) is 19.1 Å². The zero-order valence-electron chi connectivity index (χ0n) is 10.3. The molecule has 1 rings (SSSR count). The second-order valence-corrected chi connectivity index (χ2v) is 4.74. The van der Waals surface area contributed by atoms with E-state index in [-0.39, 0.29) is 11.4 Å². The Balaban J connectivity index is 2.68. The summed E-state index contributed by atoms with van der Waals surface area (Å²) < 4.78 is 13.1. The highest BCUT2D eigenvalue weighted by atomic mass is 19.1. The summed E-state index contributed by atoms with van der Waals surface area (Å²) in [6.07, 6.45) is 2.02. The zero-order chi connectivity index (χ0) is 12.2. The van der Waals surface area contributed by atoms with Crippen molar-refractivity contribution < 1.29 is 4.39 Å². The van der Waals surface area contributed by atoms with Gasteiger partial charge in [0.25, 0.3) is 0 Å². The van der Waals surface area contributed by atoms with E-state index in [1.807, 2.05) is 24.9 Å². The largest absolute Gasteiger partial charge is 0.373 e. The average molecular weight is 224 g/mol. The lowest BCUT2D eigenvalue weighted by molar-refractivity contribution is 0.430. The van der Waals surface area contributed by atoms with E-state index in [9.17, 15) is 4.39 Å². The van der Waals surface area contributed by atoms with Crippen LogP contribution in [0, 0.1) is 5.82 Å². The van der Waals surface area contributed by atoms with Crippen LogP contribution in [0.5, 0.6) is 0 Å². The summed E-state index contributed by atoms with van der Waals surface area (Å²) in [5, 5.41) is 0. The first-order valence-corrected chi connectivity index (χ1v) is 5.70. The number of benzene rings is 1. The summed E-state index contributed by atoms with van der Waals surface area (Å²) in [6.45, 7) is 4.88. The maximum atomic E-state index is 13.1. The number of rotatable bonds is 5. The minimum Gasteiger partial charge on any atom is -0.373 e. The fourth-order valence-corrected chi connectivity index (χ4v) is 2.00. The summed E-state index contributed by atoms with van der Waals surface area (Å²) in [7, 11) is 1.94. The molecule has 0 aromatic heterocycles. The lowest BCUT2D eigenvalue weighted by atomic mass is 9.97. The van der Waals surface area contributed by atoms with Gasteiger partial charge in [-0.3, -0.25) is 0 Å². The van der Waals surface area contributed by atoms with Gasteiger partial charge in [0.05, 0.1) is 0 Å². The van der Waals surface area contributed by atoms with Crippen molar-refractivity contribution >= 4 is 5.69 Å². The van der Waals surface area contributed by atoms with Crippen LogP contribution in [0.25, 0.3) is 0 Å². The van der Waals surface area contributed by atoms with E-state index < -0.39 is 0 Å². The number of likely N-dealkylation sites (N-methyl/N-ethyl adjacent to an activating group) is 1. The Morgan fingerprint density at radius 2 is 2.12 bits per heavy atom. The number of nitrogens with two attached hydrogens (primary N) is 1. The molecule has 0 spiro atoms. The van der Waals surface area contributed by atoms with E-state index in [1.54, 1.807) is 6.07 Å². The van der Waals surface area contributed by atoms with Gasteiger partial charge >= 0.3 is 0 Å². The van der Waals surface area contributed by atoms with Gasteiger partial charge in [0.2, 0.25) is 0 Å². The van der Waals surface area contributed by atoms with Crippen molar-refractivity contribution in [2.75, 3.05) is 18.5 Å². The molecule has 0 aliphatic carbocycles. The second kappa shape index (κ2) is 5.30. The van der Waals surface area contributed by atoms with Crippen molar-refractivity contribution in [1.82, 2.24) is 0 Å². The highest BCUT2D eigenvalue weighted by Gasteiger charge is 2.19. The van der Waals surface area contributed by atoms with Crippen LogP contribution < -0.4 is 10.6 Å². The van der Waals surface area contributed by atoms with Gasteiger partial charge in [-0.15, -0.1) is 0 Å². The molecule has 3 heteroatoms. The number of nitrogens with zero attached hydrogens (tertiary/aromatic N) is 1. The molecular formula is C13H21FN2. The molecule has 2 N–H and O–H groups in total. The van der Waals surface area contributed by atoms with Crippen LogP contribution in [0.1, 0.15) is 26.7 Å². The maximum absolute atomic E-state index is 13.1. The minimum absolute atomic E-state index is 0.210. The molecule has 0 heterocycles. The minimum atomic E-state index is -0.226. The van der Waals surface area contributed by atoms with E-state index in [0.717, 1.165) is 25.1 Å². The Labute approximate surface area is 97.3 Å². The van der Waals surface area contributed by atoms with Gasteiger partial charge in [-0.1, -0.05) is 19.4 Å². The maximum Gasteiger partial charge on any atom is 0.125 e. The molecule has 0 radical (unpaired) electrons. The first kappa shape index (κ1) is 13.0. The van der Waals surface area contributed by atoms with Crippen molar-refractivity contribution in [3.63, 3.8) is 0 Å². The van der Waals surface area contributed by atoms with Crippen molar-refractivity contribution in [3.8, 4) is 0 Å². The molecule has 0 amide bonds. The summed E-state index contributed by atoms with van der Waals surface area (Å²) in [5.74, 6) is -0.210. The van der Waals surface area contributed by atoms with Crippen LogP contribution >= 0.6 is 0 Å². The lowest BCUT2D eigenvalue weighted by Crippen LogP contribution is -2.46. The van der Waals surface area contributed by atoms with E-state index >= 15 is 0 Å². The molecule has 1 aromatic rings. The molecule has 0 fully saturated rings. The molecular weight excluding hydrogens is 203 g/mol. The molecule has 0 aliphatic heterocycles. The SMILES string of the molecule is CCCC(C)(N)CN(C)c1cccc(F)c1. The Hall–Kier alpha value is -1.09. The quantitative estimate of drug-likeness (QED) is 0.833. The fraction of sp³-hybridized carbons (Fsp3) is 0.538. The molecule has 90 valence electrons. The summed E-state index contributed by atoms with van der Waals surface area (Å²) in [4.78, 5) is 2.00. The van der Waals surface area contributed by atoms with Gasteiger partial charge in [0, 0.05) is 24.8 Å². The van der Waals surface area contributed by atoms with Crippen LogP contribution in [0.3, 0.4) is 0 Å². The number of anilines is 1. The third kappa shape index (κ3) is 3.81. The molecule has 1 unspecified atom stereocenters. The number of halogens is 1. The second-order valence-electron chi connectivity index (χ2n) is 4.74. The third-order valence-electron chi connectivity index (χ3n) is 2.67. The van der Waals surface area contributed by atoms with Crippen molar-refractivity contribution in [1.29, 1.82) is 0 Å². The van der Waals surface area contributed by atoms with Crippen molar-refractivity contribution in [3.05, 3.63) is 30.1 Å². The lowest BCUT2D eigenvalue weighted by Gasteiger charge is -2.31. The molecule has 0 aliphatic rings. The Bertz CT molecular complexity index is 336. The van der Waals surface area contributed by atoms with E-state index in [0.29, 0.717) is 0 Å². The van der Waals surface area contributed by atoms with Gasteiger partial charge in [0.1, 0.15) is 5.82 Å². The third-order valence-corrected chi connectivity index (χ3v) is 2.67. The van der Waals surface area contributed by atoms with Gasteiger partial charge in [-0.05, 0) is 31.5 Å². The van der Waals surface area contributed by atoms with Crippen LogP contribution in [0.4, 0.5) is 10.1 Å². The molecule has 16 heavy (non-hydrogen) atoms. The highest BCUT2D eigenvalue weighted by Crippen LogP contribution is 2.18. The standard InChI is InChI=1S/C13H21FN2/c1-4-8-13(2,15)10-16(3)12-7-5-6-11(14)9-12/h5-7,9H,4,8,10,15H2,1-3H3. The molecule has 1 atom stereocenters. The fourth-order valence-electron chi connectivity index (χ4n) is 2.00. The van der Waals surface area contributed by atoms with Crippen LogP contribution in [0.2, 0.25) is 0 Å². The summed E-state index contributed by atoms with van der Waals surface area (Å²) in [5.41, 5.74) is 6.81. The first-order chi connectivity index (χ1) is 7.44. The van der Waals surface area contributed by atoms with E-state index in [1.165, 1.54) is 12.1 Å². The molecule has 0 bridgehead atoms. The van der Waals surface area contributed by atoms with Crippen LogP contribution in [0.15, 0.2) is 24.3 Å². The molecule has 1 aromatic carbocycles. The monoisotopic (exact) mass is 224 g/mol.